The first-order valence-corrected chi connectivity index (χ1v) is 8.50. The van der Waals surface area contributed by atoms with E-state index in [0.29, 0.717) is 28.9 Å². The van der Waals surface area contributed by atoms with Crippen LogP contribution in [-0.4, -0.2) is 37.0 Å². The van der Waals surface area contributed by atoms with Crippen molar-refractivity contribution in [2.75, 3.05) is 13.1 Å². The van der Waals surface area contributed by atoms with E-state index in [1.54, 1.807) is 18.2 Å². The van der Waals surface area contributed by atoms with Crippen LogP contribution < -0.4 is 0 Å². The number of halogens is 1. The van der Waals surface area contributed by atoms with E-state index < -0.39 is 16.1 Å². The van der Waals surface area contributed by atoms with Crippen LogP contribution in [0.1, 0.15) is 18.9 Å². The molecule has 1 aliphatic heterocycles. The van der Waals surface area contributed by atoms with Gasteiger partial charge in [0, 0.05) is 17.6 Å². The first-order valence-electron chi connectivity index (χ1n) is 6.26. The molecule has 2 atom stereocenters. The molecule has 2 rings (SSSR count). The molecule has 1 saturated heterocycles. The van der Waals surface area contributed by atoms with Gasteiger partial charge in [0.2, 0.25) is 10.0 Å². The Morgan fingerprint density at radius 2 is 2.11 bits per heavy atom. The van der Waals surface area contributed by atoms with Crippen molar-refractivity contribution in [3.8, 4) is 0 Å². The van der Waals surface area contributed by atoms with Gasteiger partial charge in [-0.25, -0.2) is 8.42 Å². The van der Waals surface area contributed by atoms with E-state index >= 15 is 0 Å². The summed E-state index contributed by atoms with van der Waals surface area (Å²) in [5, 5.41) is 9.69. The molecule has 0 saturated carbocycles. The van der Waals surface area contributed by atoms with Crippen molar-refractivity contribution in [2.45, 2.75) is 31.3 Å². The Morgan fingerprint density at radius 3 is 2.68 bits per heavy atom. The van der Waals surface area contributed by atoms with Crippen LogP contribution in [0.3, 0.4) is 0 Å². The maximum absolute atomic E-state index is 12.6. The standard InChI is InChI=1S/C13H18BrNO3S/c1-9-3-4-13(11(14)7-9)19(17,18)15-6-5-12(16)10(2)8-15/h3-4,7,10,12,16H,5-6,8H2,1-2H3. The summed E-state index contributed by atoms with van der Waals surface area (Å²) in [5.74, 6) is -0.0345. The highest BCUT2D eigenvalue weighted by atomic mass is 79.9. The van der Waals surface area contributed by atoms with Gasteiger partial charge < -0.3 is 5.11 Å². The van der Waals surface area contributed by atoms with E-state index in [-0.39, 0.29) is 5.92 Å². The Balaban J connectivity index is 2.32. The Hall–Kier alpha value is -0.430. The van der Waals surface area contributed by atoms with Crippen molar-refractivity contribution in [3.05, 3.63) is 28.2 Å². The lowest BCUT2D eigenvalue weighted by molar-refractivity contribution is 0.0628. The summed E-state index contributed by atoms with van der Waals surface area (Å²) in [6, 6.07) is 5.22. The van der Waals surface area contributed by atoms with Crippen molar-refractivity contribution in [1.82, 2.24) is 4.31 Å². The summed E-state index contributed by atoms with van der Waals surface area (Å²) >= 11 is 3.32. The van der Waals surface area contributed by atoms with E-state index in [0.717, 1.165) is 5.56 Å². The van der Waals surface area contributed by atoms with E-state index in [9.17, 15) is 13.5 Å². The van der Waals surface area contributed by atoms with Crippen LogP contribution in [0.25, 0.3) is 0 Å². The number of piperidine rings is 1. The van der Waals surface area contributed by atoms with Gasteiger partial charge in [-0.05, 0) is 52.9 Å². The van der Waals surface area contributed by atoms with Crippen molar-refractivity contribution in [2.24, 2.45) is 5.92 Å². The van der Waals surface area contributed by atoms with Crippen LogP contribution in [0.4, 0.5) is 0 Å². The molecule has 106 valence electrons. The predicted octanol–water partition coefficient (Wildman–Crippen LogP) is 2.15. The van der Waals surface area contributed by atoms with Gasteiger partial charge in [-0.15, -0.1) is 0 Å². The average molecular weight is 348 g/mol. The summed E-state index contributed by atoms with van der Waals surface area (Å²) in [5.41, 5.74) is 1.01. The maximum atomic E-state index is 12.6. The van der Waals surface area contributed by atoms with Crippen LogP contribution in [0.5, 0.6) is 0 Å². The van der Waals surface area contributed by atoms with Crippen molar-refractivity contribution in [3.63, 3.8) is 0 Å². The Kier molecular flexibility index (Phi) is 4.35. The van der Waals surface area contributed by atoms with Crippen LogP contribution >= 0.6 is 15.9 Å². The monoisotopic (exact) mass is 347 g/mol. The van der Waals surface area contributed by atoms with Crippen LogP contribution in [0, 0.1) is 12.8 Å². The fraction of sp³-hybridized carbons (Fsp3) is 0.538. The van der Waals surface area contributed by atoms with Crippen molar-refractivity contribution in [1.29, 1.82) is 0 Å². The molecule has 0 aliphatic carbocycles. The molecule has 0 bridgehead atoms. The molecular weight excluding hydrogens is 330 g/mol. The second kappa shape index (κ2) is 5.52. The highest BCUT2D eigenvalue weighted by Gasteiger charge is 2.33. The molecule has 2 unspecified atom stereocenters. The van der Waals surface area contributed by atoms with Gasteiger partial charge >= 0.3 is 0 Å². The zero-order valence-electron chi connectivity index (χ0n) is 11.0. The van der Waals surface area contributed by atoms with Crippen LogP contribution in [0.15, 0.2) is 27.6 Å². The minimum absolute atomic E-state index is 0.0345. The number of hydrogen-bond donors (Lipinski definition) is 1. The first-order chi connectivity index (χ1) is 8.82. The molecule has 0 amide bonds. The van der Waals surface area contributed by atoms with Gasteiger partial charge in [0.25, 0.3) is 0 Å². The lowest BCUT2D eigenvalue weighted by atomic mass is 9.99. The predicted molar refractivity (Wildman–Crippen MR) is 77.4 cm³/mol. The highest BCUT2D eigenvalue weighted by Crippen LogP contribution is 2.29. The SMILES string of the molecule is Cc1ccc(S(=O)(=O)N2CCC(O)C(C)C2)c(Br)c1. The zero-order valence-corrected chi connectivity index (χ0v) is 13.4. The molecule has 1 fully saturated rings. The summed E-state index contributed by atoms with van der Waals surface area (Å²) in [6.45, 7) is 4.52. The van der Waals surface area contributed by atoms with Gasteiger partial charge in [-0.1, -0.05) is 13.0 Å². The molecule has 1 N–H and O–H groups in total. The normalized spacial score (nSPS) is 25.5. The average Bonchev–Trinajstić information content (AvgIpc) is 2.32. The fourth-order valence-electron chi connectivity index (χ4n) is 2.27. The molecule has 0 spiro atoms. The Labute approximate surface area is 122 Å². The molecule has 4 nitrogen and oxygen atoms in total. The highest BCUT2D eigenvalue weighted by molar-refractivity contribution is 9.10. The number of rotatable bonds is 2. The molecule has 1 aromatic rings. The molecule has 6 heteroatoms. The lowest BCUT2D eigenvalue weighted by Gasteiger charge is -2.33. The van der Waals surface area contributed by atoms with Gasteiger partial charge in [0.15, 0.2) is 0 Å². The summed E-state index contributed by atoms with van der Waals surface area (Å²) < 4.78 is 27.2. The Morgan fingerprint density at radius 1 is 1.42 bits per heavy atom. The van der Waals surface area contributed by atoms with E-state index in [4.69, 9.17) is 0 Å². The number of hydrogen-bond acceptors (Lipinski definition) is 3. The molecular formula is C13H18BrNO3S. The maximum Gasteiger partial charge on any atom is 0.244 e. The third kappa shape index (κ3) is 3.02. The number of nitrogens with zero attached hydrogens (tertiary/aromatic N) is 1. The quantitative estimate of drug-likeness (QED) is 0.891. The summed E-state index contributed by atoms with van der Waals surface area (Å²) in [7, 11) is -3.49. The second-order valence-corrected chi connectivity index (χ2v) is 7.89. The molecule has 1 heterocycles. The van der Waals surface area contributed by atoms with E-state index in [1.807, 2.05) is 13.8 Å². The fourth-order valence-corrected chi connectivity index (χ4v) is 4.98. The topological polar surface area (TPSA) is 57.6 Å². The number of aliphatic hydroxyl groups is 1. The Bertz CT molecular complexity index is 573. The smallest absolute Gasteiger partial charge is 0.244 e. The number of sulfonamides is 1. The van der Waals surface area contributed by atoms with Crippen LogP contribution in [-0.2, 0) is 10.0 Å². The zero-order chi connectivity index (χ0) is 14.2. The minimum atomic E-state index is -3.49. The number of benzene rings is 1. The number of aliphatic hydroxyl groups excluding tert-OH is 1. The summed E-state index contributed by atoms with van der Waals surface area (Å²) in [4.78, 5) is 0.293. The largest absolute Gasteiger partial charge is 0.393 e. The molecule has 1 aromatic carbocycles. The van der Waals surface area contributed by atoms with E-state index in [1.165, 1.54) is 4.31 Å². The lowest BCUT2D eigenvalue weighted by Crippen LogP contribution is -2.44. The molecule has 0 aromatic heterocycles. The first kappa shape index (κ1) is 15.0. The van der Waals surface area contributed by atoms with Gasteiger partial charge in [-0.3, -0.25) is 0 Å². The third-order valence-corrected chi connectivity index (χ3v) is 6.37. The second-order valence-electron chi connectivity index (χ2n) is 5.13. The van der Waals surface area contributed by atoms with Gasteiger partial charge in [-0.2, -0.15) is 4.31 Å². The third-order valence-electron chi connectivity index (χ3n) is 3.53. The molecule has 19 heavy (non-hydrogen) atoms. The van der Waals surface area contributed by atoms with Gasteiger partial charge in [0.05, 0.1) is 11.0 Å². The van der Waals surface area contributed by atoms with Crippen molar-refractivity contribution >= 4 is 26.0 Å². The van der Waals surface area contributed by atoms with Gasteiger partial charge in [0.1, 0.15) is 0 Å². The van der Waals surface area contributed by atoms with E-state index in [2.05, 4.69) is 15.9 Å². The van der Waals surface area contributed by atoms with Crippen LogP contribution in [0.2, 0.25) is 0 Å². The minimum Gasteiger partial charge on any atom is -0.393 e. The van der Waals surface area contributed by atoms with Crippen molar-refractivity contribution < 1.29 is 13.5 Å². The molecule has 1 aliphatic rings. The summed E-state index contributed by atoms with van der Waals surface area (Å²) in [6.07, 6.45) is 0.0806. The number of aryl methyl sites for hydroxylation is 1. The molecule has 0 radical (unpaired) electrons.